The first kappa shape index (κ1) is 19.6. The number of nitrogens with one attached hydrogen (secondary N) is 2. The second-order valence-corrected chi connectivity index (χ2v) is 6.22. The Hall–Kier alpha value is -2.69. The van der Waals surface area contributed by atoms with Gasteiger partial charge in [0.15, 0.2) is 0 Å². The van der Waals surface area contributed by atoms with Gasteiger partial charge in [0.25, 0.3) is 0 Å². The van der Waals surface area contributed by atoms with E-state index in [9.17, 15) is 4.79 Å². The summed E-state index contributed by atoms with van der Waals surface area (Å²) in [5.74, 6) is 1.73. The van der Waals surface area contributed by atoms with Crippen molar-refractivity contribution in [2.45, 2.75) is 26.7 Å². The van der Waals surface area contributed by atoms with Crippen molar-refractivity contribution in [3.8, 4) is 11.5 Å². The van der Waals surface area contributed by atoms with Gasteiger partial charge in [-0.15, -0.1) is 0 Å². The Balaban J connectivity index is 1.46. The van der Waals surface area contributed by atoms with Gasteiger partial charge < -0.3 is 20.1 Å². The van der Waals surface area contributed by atoms with E-state index in [1.165, 1.54) is 11.1 Å². The minimum absolute atomic E-state index is 0.156. The van der Waals surface area contributed by atoms with E-state index in [2.05, 4.69) is 10.6 Å². The summed E-state index contributed by atoms with van der Waals surface area (Å²) >= 11 is 0. The zero-order valence-corrected chi connectivity index (χ0v) is 15.6. The van der Waals surface area contributed by atoms with Crippen molar-refractivity contribution in [3.05, 3.63) is 59.7 Å². The number of amides is 2. The predicted molar refractivity (Wildman–Crippen MR) is 104 cm³/mol. The van der Waals surface area contributed by atoms with E-state index >= 15 is 0 Å². The van der Waals surface area contributed by atoms with Crippen molar-refractivity contribution in [2.24, 2.45) is 0 Å². The van der Waals surface area contributed by atoms with E-state index < -0.39 is 0 Å². The van der Waals surface area contributed by atoms with Crippen LogP contribution in [-0.2, 0) is 0 Å². The number of hydrogen-bond acceptors (Lipinski definition) is 3. The molecule has 0 aromatic heterocycles. The lowest BCUT2D eigenvalue weighted by molar-refractivity contribution is 0.237. The monoisotopic (exact) mass is 356 g/mol. The largest absolute Gasteiger partial charge is 0.494 e. The quantitative estimate of drug-likeness (QED) is 0.636. The van der Waals surface area contributed by atoms with Crippen LogP contribution in [0, 0.1) is 13.8 Å². The summed E-state index contributed by atoms with van der Waals surface area (Å²) in [5, 5.41) is 5.65. The van der Waals surface area contributed by atoms with Crippen molar-refractivity contribution in [3.63, 3.8) is 0 Å². The van der Waals surface area contributed by atoms with Crippen LogP contribution in [0.15, 0.2) is 48.5 Å². The predicted octanol–water partition coefficient (Wildman–Crippen LogP) is 3.84. The molecule has 0 aliphatic carbocycles. The van der Waals surface area contributed by atoms with Gasteiger partial charge in [-0.3, -0.25) is 0 Å². The average Bonchev–Trinajstić information content (AvgIpc) is 2.61. The van der Waals surface area contributed by atoms with Gasteiger partial charge in [0.1, 0.15) is 11.5 Å². The summed E-state index contributed by atoms with van der Waals surface area (Å²) in [6.07, 6.45) is 1.52. The van der Waals surface area contributed by atoms with E-state index in [0.29, 0.717) is 26.3 Å². The smallest absolute Gasteiger partial charge is 0.314 e. The van der Waals surface area contributed by atoms with Crippen molar-refractivity contribution in [1.82, 2.24) is 10.6 Å². The molecule has 2 rings (SSSR count). The lowest BCUT2D eigenvalue weighted by Gasteiger charge is -2.10. The number of carbonyl (C=O) groups excluding carboxylic acids is 1. The zero-order chi connectivity index (χ0) is 18.6. The molecule has 0 saturated heterocycles. The SMILES string of the molecule is Cc1cccc(OCCCNC(=O)NCCCOc2cccc(C)c2)c1. The first-order valence-corrected chi connectivity index (χ1v) is 9.04. The molecule has 26 heavy (non-hydrogen) atoms. The van der Waals surface area contributed by atoms with Crippen molar-refractivity contribution >= 4 is 6.03 Å². The topological polar surface area (TPSA) is 59.6 Å². The molecule has 5 nitrogen and oxygen atoms in total. The average molecular weight is 356 g/mol. The Labute approximate surface area is 155 Å². The van der Waals surface area contributed by atoms with Gasteiger partial charge in [-0.2, -0.15) is 0 Å². The maximum absolute atomic E-state index is 11.7. The number of aryl methyl sites for hydroxylation is 2. The number of rotatable bonds is 10. The van der Waals surface area contributed by atoms with Crippen LogP contribution >= 0.6 is 0 Å². The molecule has 0 heterocycles. The van der Waals surface area contributed by atoms with Gasteiger partial charge >= 0.3 is 6.03 Å². The van der Waals surface area contributed by atoms with Gasteiger partial charge in [-0.1, -0.05) is 24.3 Å². The molecule has 0 radical (unpaired) electrons. The van der Waals surface area contributed by atoms with Crippen LogP contribution in [0.2, 0.25) is 0 Å². The molecule has 0 fully saturated rings. The first-order valence-electron chi connectivity index (χ1n) is 9.04. The van der Waals surface area contributed by atoms with Gasteiger partial charge in [0, 0.05) is 13.1 Å². The third-order valence-corrected chi connectivity index (χ3v) is 3.73. The molecular formula is C21H28N2O3. The summed E-state index contributed by atoms with van der Waals surface area (Å²) < 4.78 is 11.3. The second-order valence-electron chi connectivity index (χ2n) is 6.22. The Bertz CT molecular complexity index is 631. The van der Waals surface area contributed by atoms with Crippen LogP contribution in [0.1, 0.15) is 24.0 Å². The molecule has 5 heteroatoms. The first-order chi connectivity index (χ1) is 12.6. The molecule has 0 aliphatic rings. The fraction of sp³-hybridized carbons (Fsp3) is 0.381. The van der Waals surface area contributed by atoms with Crippen LogP contribution in [0.25, 0.3) is 0 Å². The Morgan fingerprint density at radius 1 is 0.808 bits per heavy atom. The van der Waals surface area contributed by atoms with Gasteiger partial charge in [-0.25, -0.2) is 4.79 Å². The van der Waals surface area contributed by atoms with Crippen LogP contribution in [0.3, 0.4) is 0 Å². The highest BCUT2D eigenvalue weighted by molar-refractivity contribution is 5.73. The normalized spacial score (nSPS) is 10.2. The lowest BCUT2D eigenvalue weighted by Crippen LogP contribution is -2.37. The van der Waals surface area contributed by atoms with Crippen LogP contribution in [0.5, 0.6) is 11.5 Å². The van der Waals surface area contributed by atoms with Crippen LogP contribution in [0.4, 0.5) is 4.79 Å². The van der Waals surface area contributed by atoms with Gasteiger partial charge in [0.05, 0.1) is 13.2 Å². The number of urea groups is 1. The number of carbonyl (C=O) groups is 1. The van der Waals surface area contributed by atoms with Crippen molar-refractivity contribution < 1.29 is 14.3 Å². The fourth-order valence-electron chi connectivity index (χ4n) is 2.40. The van der Waals surface area contributed by atoms with Crippen molar-refractivity contribution in [1.29, 1.82) is 0 Å². The molecule has 0 saturated carbocycles. The summed E-state index contributed by atoms with van der Waals surface area (Å²) in [4.78, 5) is 11.7. The van der Waals surface area contributed by atoms with E-state index in [-0.39, 0.29) is 6.03 Å². The standard InChI is InChI=1S/C21H28N2O3/c1-17-7-3-9-19(15-17)25-13-5-11-22-21(24)23-12-6-14-26-20-10-4-8-18(2)16-20/h3-4,7-10,15-16H,5-6,11-14H2,1-2H3,(H2,22,23,24). The molecule has 2 amide bonds. The van der Waals surface area contributed by atoms with E-state index in [0.717, 1.165) is 24.3 Å². The Morgan fingerprint density at radius 3 is 1.69 bits per heavy atom. The highest BCUT2D eigenvalue weighted by Crippen LogP contribution is 2.13. The maximum Gasteiger partial charge on any atom is 0.314 e. The van der Waals surface area contributed by atoms with Crippen LogP contribution in [-0.4, -0.2) is 32.3 Å². The van der Waals surface area contributed by atoms with Gasteiger partial charge in [-0.05, 0) is 62.1 Å². The van der Waals surface area contributed by atoms with Gasteiger partial charge in [0.2, 0.25) is 0 Å². The molecule has 0 bridgehead atoms. The minimum atomic E-state index is -0.156. The highest BCUT2D eigenvalue weighted by Gasteiger charge is 2.00. The third-order valence-electron chi connectivity index (χ3n) is 3.73. The Kier molecular flexibility index (Phi) is 8.33. The molecular weight excluding hydrogens is 328 g/mol. The molecule has 0 aliphatic heterocycles. The molecule has 0 unspecified atom stereocenters. The van der Waals surface area contributed by atoms with E-state index in [1.54, 1.807) is 0 Å². The number of ether oxygens (including phenoxy) is 2. The zero-order valence-electron chi connectivity index (χ0n) is 15.6. The molecule has 2 N–H and O–H groups in total. The second kappa shape index (κ2) is 11.0. The lowest BCUT2D eigenvalue weighted by atomic mass is 10.2. The number of hydrogen-bond donors (Lipinski definition) is 2. The van der Waals surface area contributed by atoms with Crippen molar-refractivity contribution in [2.75, 3.05) is 26.3 Å². The fourth-order valence-corrected chi connectivity index (χ4v) is 2.40. The molecule has 0 atom stereocenters. The summed E-state index contributed by atoms with van der Waals surface area (Å²) in [6.45, 7) is 6.38. The molecule has 0 spiro atoms. The molecule has 140 valence electrons. The summed E-state index contributed by atoms with van der Waals surface area (Å²) in [5.41, 5.74) is 2.35. The molecule has 2 aromatic rings. The minimum Gasteiger partial charge on any atom is -0.494 e. The Morgan fingerprint density at radius 2 is 1.27 bits per heavy atom. The van der Waals surface area contributed by atoms with E-state index in [4.69, 9.17) is 9.47 Å². The highest BCUT2D eigenvalue weighted by atomic mass is 16.5. The summed E-state index contributed by atoms with van der Waals surface area (Å²) in [7, 11) is 0. The van der Waals surface area contributed by atoms with Crippen LogP contribution < -0.4 is 20.1 Å². The maximum atomic E-state index is 11.7. The third kappa shape index (κ3) is 7.92. The molecule has 2 aromatic carbocycles. The summed E-state index contributed by atoms with van der Waals surface area (Å²) in [6, 6.07) is 15.7. The number of benzene rings is 2. The van der Waals surface area contributed by atoms with E-state index in [1.807, 2.05) is 62.4 Å².